The summed E-state index contributed by atoms with van der Waals surface area (Å²) in [5.41, 5.74) is 8.37. The lowest BCUT2D eigenvalue weighted by Gasteiger charge is -2.16. The minimum absolute atomic E-state index is 0.163. The fourth-order valence-corrected chi connectivity index (χ4v) is 2.59. The molecule has 2 rings (SSSR count). The first-order chi connectivity index (χ1) is 8.00. The van der Waals surface area contributed by atoms with Crippen molar-refractivity contribution in [2.45, 2.75) is 39.3 Å². The summed E-state index contributed by atoms with van der Waals surface area (Å²) in [5.74, 6) is 0. The van der Waals surface area contributed by atoms with Crippen molar-refractivity contribution in [1.82, 2.24) is 4.57 Å². The topological polar surface area (TPSA) is 30.9 Å². The number of nitrogens with two attached hydrogens (primary N) is 1. The number of rotatable bonds is 3. The molecule has 0 fully saturated rings. The zero-order valence-corrected chi connectivity index (χ0v) is 11.3. The van der Waals surface area contributed by atoms with Crippen molar-refractivity contribution in [2.75, 3.05) is 0 Å². The van der Waals surface area contributed by atoms with Gasteiger partial charge >= 0.3 is 0 Å². The van der Waals surface area contributed by atoms with Gasteiger partial charge in [-0.2, -0.15) is 0 Å². The second-order valence-corrected chi connectivity index (χ2v) is 5.36. The second-order valence-electron chi connectivity index (χ2n) is 4.95. The van der Waals surface area contributed by atoms with Crippen LogP contribution in [0.25, 0.3) is 10.9 Å². The normalized spacial score (nSPS) is 13.5. The quantitative estimate of drug-likeness (QED) is 0.884. The Bertz CT molecular complexity index is 526. The van der Waals surface area contributed by atoms with Gasteiger partial charge in [0, 0.05) is 40.1 Å². The van der Waals surface area contributed by atoms with Gasteiger partial charge in [0.15, 0.2) is 0 Å². The summed E-state index contributed by atoms with van der Waals surface area (Å²) in [5, 5.41) is 1.94. The molecule has 0 radical (unpaired) electrons. The smallest absolute Gasteiger partial charge is 0.0500 e. The molecule has 0 aliphatic rings. The number of aromatic nitrogens is 1. The van der Waals surface area contributed by atoms with E-state index in [9.17, 15) is 0 Å². The van der Waals surface area contributed by atoms with Crippen molar-refractivity contribution in [3.05, 3.63) is 35.0 Å². The van der Waals surface area contributed by atoms with E-state index in [1.54, 1.807) is 0 Å². The number of fused-ring (bicyclic) bond motifs is 1. The van der Waals surface area contributed by atoms with Crippen molar-refractivity contribution in [3.63, 3.8) is 0 Å². The van der Waals surface area contributed by atoms with Crippen LogP contribution in [0.1, 0.15) is 32.5 Å². The van der Waals surface area contributed by atoms with Crippen LogP contribution >= 0.6 is 11.6 Å². The lowest BCUT2D eigenvalue weighted by Crippen LogP contribution is -2.20. The SMILES string of the molecule is CC(N)Cc1cc2c(Cl)cccc2n1C(C)C. The molecular weight excluding hydrogens is 232 g/mol. The molecule has 0 aliphatic heterocycles. The average molecular weight is 251 g/mol. The molecule has 92 valence electrons. The van der Waals surface area contributed by atoms with E-state index in [4.69, 9.17) is 17.3 Å². The van der Waals surface area contributed by atoms with E-state index in [0.717, 1.165) is 16.8 Å². The summed E-state index contributed by atoms with van der Waals surface area (Å²) >= 11 is 6.24. The van der Waals surface area contributed by atoms with Crippen LogP contribution in [-0.2, 0) is 6.42 Å². The summed E-state index contributed by atoms with van der Waals surface area (Å²) in [4.78, 5) is 0. The van der Waals surface area contributed by atoms with Gasteiger partial charge in [-0.25, -0.2) is 0 Å². The summed E-state index contributed by atoms with van der Waals surface area (Å²) in [7, 11) is 0. The van der Waals surface area contributed by atoms with Crippen LogP contribution in [0.2, 0.25) is 5.02 Å². The zero-order valence-electron chi connectivity index (χ0n) is 10.6. The van der Waals surface area contributed by atoms with E-state index >= 15 is 0 Å². The number of halogens is 1. The van der Waals surface area contributed by atoms with E-state index in [0.29, 0.717) is 6.04 Å². The van der Waals surface area contributed by atoms with Crippen LogP contribution in [0.15, 0.2) is 24.3 Å². The molecule has 0 spiro atoms. The molecule has 3 heteroatoms. The Morgan fingerprint density at radius 1 is 1.29 bits per heavy atom. The van der Waals surface area contributed by atoms with Gasteiger partial charge in [-0.05, 0) is 39.0 Å². The van der Waals surface area contributed by atoms with Crippen LogP contribution < -0.4 is 5.73 Å². The van der Waals surface area contributed by atoms with Gasteiger partial charge < -0.3 is 10.3 Å². The lowest BCUT2D eigenvalue weighted by atomic mass is 10.2. The fraction of sp³-hybridized carbons (Fsp3) is 0.429. The van der Waals surface area contributed by atoms with E-state index in [1.807, 2.05) is 19.1 Å². The molecule has 2 N–H and O–H groups in total. The maximum atomic E-state index is 6.24. The largest absolute Gasteiger partial charge is 0.342 e. The highest BCUT2D eigenvalue weighted by molar-refractivity contribution is 6.35. The Labute approximate surface area is 107 Å². The standard InChI is InChI=1S/C14H19ClN2/c1-9(2)17-11(7-10(3)16)8-12-13(15)5-4-6-14(12)17/h4-6,8-10H,7,16H2,1-3H3. The Balaban J connectivity index is 2.66. The molecule has 0 aliphatic carbocycles. The first kappa shape index (κ1) is 12.5. The van der Waals surface area contributed by atoms with Gasteiger partial charge in [0.05, 0.1) is 0 Å². The minimum atomic E-state index is 0.163. The van der Waals surface area contributed by atoms with E-state index < -0.39 is 0 Å². The predicted molar refractivity (Wildman–Crippen MR) is 74.7 cm³/mol. The Morgan fingerprint density at radius 3 is 2.59 bits per heavy atom. The highest BCUT2D eigenvalue weighted by Gasteiger charge is 2.13. The van der Waals surface area contributed by atoms with E-state index in [2.05, 4.69) is 30.5 Å². The molecule has 2 aromatic rings. The number of hydrogen-bond donors (Lipinski definition) is 1. The molecule has 1 heterocycles. The number of nitrogens with zero attached hydrogens (tertiary/aromatic N) is 1. The molecule has 1 aromatic heterocycles. The maximum Gasteiger partial charge on any atom is 0.0500 e. The number of hydrogen-bond acceptors (Lipinski definition) is 1. The molecule has 1 unspecified atom stereocenters. The van der Waals surface area contributed by atoms with Crippen molar-refractivity contribution in [3.8, 4) is 0 Å². The third-order valence-electron chi connectivity index (χ3n) is 2.96. The Hall–Kier alpha value is -0.990. The molecule has 1 aromatic carbocycles. The molecule has 0 saturated heterocycles. The van der Waals surface area contributed by atoms with E-state index in [-0.39, 0.29) is 6.04 Å². The summed E-state index contributed by atoms with van der Waals surface area (Å²) in [6, 6.07) is 8.80. The van der Waals surface area contributed by atoms with Crippen molar-refractivity contribution < 1.29 is 0 Å². The molecule has 0 saturated carbocycles. The van der Waals surface area contributed by atoms with Crippen LogP contribution in [0.5, 0.6) is 0 Å². The van der Waals surface area contributed by atoms with Crippen LogP contribution in [0.3, 0.4) is 0 Å². The van der Waals surface area contributed by atoms with Crippen molar-refractivity contribution >= 4 is 22.5 Å². The zero-order chi connectivity index (χ0) is 12.6. The molecule has 17 heavy (non-hydrogen) atoms. The summed E-state index contributed by atoms with van der Waals surface area (Å²) in [6.07, 6.45) is 0.878. The van der Waals surface area contributed by atoms with Gasteiger partial charge in [-0.15, -0.1) is 0 Å². The molecule has 2 nitrogen and oxygen atoms in total. The van der Waals surface area contributed by atoms with Crippen LogP contribution in [0.4, 0.5) is 0 Å². The van der Waals surface area contributed by atoms with Gasteiger partial charge in [0.2, 0.25) is 0 Å². The molecule has 0 amide bonds. The van der Waals surface area contributed by atoms with E-state index in [1.165, 1.54) is 11.2 Å². The highest BCUT2D eigenvalue weighted by Crippen LogP contribution is 2.29. The summed E-state index contributed by atoms with van der Waals surface area (Å²) in [6.45, 7) is 6.40. The third kappa shape index (κ3) is 2.33. The first-order valence-corrected chi connectivity index (χ1v) is 6.42. The first-order valence-electron chi connectivity index (χ1n) is 6.04. The average Bonchev–Trinajstić information content (AvgIpc) is 2.56. The van der Waals surface area contributed by atoms with Crippen molar-refractivity contribution in [1.29, 1.82) is 0 Å². The van der Waals surface area contributed by atoms with Gasteiger partial charge in [-0.1, -0.05) is 17.7 Å². The predicted octanol–water partition coefficient (Wildman–Crippen LogP) is 3.77. The lowest BCUT2D eigenvalue weighted by molar-refractivity contribution is 0.576. The Kier molecular flexibility index (Phi) is 3.45. The monoisotopic (exact) mass is 250 g/mol. The van der Waals surface area contributed by atoms with Gasteiger partial charge in [-0.3, -0.25) is 0 Å². The van der Waals surface area contributed by atoms with Crippen LogP contribution in [0, 0.1) is 0 Å². The second kappa shape index (κ2) is 4.71. The van der Waals surface area contributed by atoms with Gasteiger partial charge in [0.25, 0.3) is 0 Å². The number of benzene rings is 1. The van der Waals surface area contributed by atoms with Crippen molar-refractivity contribution in [2.24, 2.45) is 5.73 Å². The highest BCUT2D eigenvalue weighted by atomic mass is 35.5. The van der Waals surface area contributed by atoms with Gasteiger partial charge in [0.1, 0.15) is 0 Å². The fourth-order valence-electron chi connectivity index (χ4n) is 2.37. The summed E-state index contributed by atoms with van der Waals surface area (Å²) < 4.78 is 2.32. The Morgan fingerprint density at radius 2 is 2.00 bits per heavy atom. The van der Waals surface area contributed by atoms with Crippen LogP contribution in [-0.4, -0.2) is 10.6 Å². The minimum Gasteiger partial charge on any atom is -0.342 e. The maximum absolute atomic E-state index is 6.24. The molecule has 0 bridgehead atoms. The molecular formula is C14H19ClN2. The molecule has 1 atom stereocenters. The third-order valence-corrected chi connectivity index (χ3v) is 3.29.